The summed E-state index contributed by atoms with van der Waals surface area (Å²) in [6.07, 6.45) is 39.6. The molecule has 5 N–H and O–H groups in total. The maximum Gasteiger partial charge on any atom is 0.472 e. The number of carbonyl (C=O) groups excluding carboxylic acids is 1. The standard InChI is InChI=1S/C41H85N2O6P/c1-3-5-7-9-11-13-15-17-19-21-22-24-26-28-30-32-34-40(44)39(38-49-50(46,47)48-37-36-42)43-41(45)35-33-31-29-27-25-23-20-18-16-14-12-10-8-6-4-2/h39-40,44H,3-38,42H2,1-2H3,(H,43,45)(H,46,47). The lowest BCUT2D eigenvalue weighted by Gasteiger charge is -2.25. The highest BCUT2D eigenvalue weighted by Gasteiger charge is 2.27. The zero-order valence-electron chi connectivity index (χ0n) is 33.2. The molecule has 1 amide bonds. The Hall–Kier alpha value is -0.500. The van der Waals surface area contributed by atoms with E-state index in [1.54, 1.807) is 0 Å². The molecule has 0 heterocycles. The molecular weight excluding hydrogens is 647 g/mol. The van der Waals surface area contributed by atoms with E-state index in [1.165, 1.54) is 161 Å². The van der Waals surface area contributed by atoms with Gasteiger partial charge in [0.15, 0.2) is 0 Å². The van der Waals surface area contributed by atoms with Gasteiger partial charge >= 0.3 is 7.82 Å². The molecule has 0 aromatic rings. The molecule has 0 saturated carbocycles. The van der Waals surface area contributed by atoms with E-state index >= 15 is 0 Å². The molecule has 0 spiro atoms. The maximum atomic E-state index is 12.8. The average molecular weight is 733 g/mol. The lowest BCUT2D eigenvalue weighted by molar-refractivity contribution is -0.123. The summed E-state index contributed by atoms with van der Waals surface area (Å²) < 4.78 is 22.2. The van der Waals surface area contributed by atoms with E-state index in [1.807, 2.05) is 0 Å². The molecule has 0 aliphatic carbocycles. The first-order chi connectivity index (χ1) is 24.4. The predicted molar refractivity (Wildman–Crippen MR) is 212 cm³/mol. The van der Waals surface area contributed by atoms with Crippen LogP contribution in [0, 0.1) is 0 Å². The highest BCUT2D eigenvalue weighted by Crippen LogP contribution is 2.43. The molecular formula is C41H85N2O6P. The van der Waals surface area contributed by atoms with Crippen LogP contribution in [0.1, 0.15) is 226 Å². The lowest BCUT2D eigenvalue weighted by Crippen LogP contribution is -2.46. The molecule has 0 aromatic carbocycles. The number of aliphatic hydroxyl groups excluding tert-OH is 1. The second kappa shape index (κ2) is 38.2. The first-order valence-corrected chi connectivity index (χ1v) is 23.1. The summed E-state index contributed by atoms with van der Waals surface area (Å²) in [6, 6.07) is -0.767. The number of amides is 1. The van der Waals surface area contributed by atoms with Crippen molar-refractivity contribution in [3.05, 3.63) is 0 Å². The largest absolute Gasteiger partial charge is 0.472 e. The van der Waals surface area contributed by atoms with Gasteiger partial charge < -0.3 is 21.1 Å². The van der Waals surface area contributed by atoms with Gasteiger partial charge in [-0.25, -0.2) is 4.57 Å². The zero-order valence-corrected chi connectivity index (χ0v) is 34.1. The third-order valence-corrected chi connectivity index (χ3v) is 10.9. The molecule has 3 atom stereocenters. The van der Waals surface area contributed by atoms with Crippen molar-refractivity contribution in [2.24, 2.45) is 5.73 Å². The summed E-state index contributed by atoms with van der Waals surface area (Å²) in [5.74, 6) is -0.157. The van der Waals surface area contributed by atoms with Crippen LogP contribution in [0.2, 0.25) is 0 Å². The van der Waals surface area contributed by atoms with Crippen molar-refractivity contribution in [3.63, 3.8) is 0 Å². The number of phosphoric ester groups is 1. The number of rotatable bonds is 41. The molecule has 9 heteroatoms. The summed E-state index contributed by atoms with van der Waals surface area (Å²) in [7, 11) is -4.31. The minimum Gasteiger partial charge on any atom is -0.391 e. The van der Waals surface area contributed by atoms with Crippen molar-refractivity contribution in [1.82, 2.24) is 5.32 Å². The van der Waals surface area contributed by atoms with E-state index in [0.717, 1.165) is 38.5 Å². The third-order valence-electron chi connectivity index (χ3n) is 9.96. The predicted octanol–water partition coefficient (Wildman–Crippen LogP) is 11.8. The molecule has 0 fully saturated rings. The minimum absolute atomic E-state index is 0.0925. The fourth-order valence-corrected chi connectivity index (χ4v) is 7.43. The number of hydrogen-bond acceptors (Lipinski definition) is 6. The summed E-state index contributed by atoms with van der Waals surface area (Å²) >= 11 is 0. The molecule has 0 rings (SSSR count). The summed E-state index contributed by atoms with van der Waals surface area (Å²) in [5.41, 5.74) is 5.38. The smallest absolute Gasteiger partial charge is 0.391 e. The first kappa shape index (κ1) is 49.5. The highest BCUT2D eigenvalue weighted by molar-refractivity contribution is 7.47. The number of nitrogens with two attached hydrogens (primary N) is 1. The molecule has 3 unspecified atom stereocenters. The van der Waals surface area contributed by atoms with Gasteiger partial charge in [0.05, 0.1) is 25.4 Å². The average Bonchev–Trinajstić information content (AvgIpc) is 3.10. The van der Waals surface area contributed by atoms with E-state index in [2.05, 4.69) is 19.2 Å². The summed E-state index contributed by atoms with van der Waals surface area (Å²) in [6.45, 7) is 4.23. The Kier molecular flexibility index (Phi) is 37.8. The Morgan fingerprint density at radius 3 is 1.28 bits per heavy atom. The number of nitrogens with one attached hydrogen (secondary N) is 1. The Morgan fingerprint density at radius 1 is 0.580 bits per heavy atom. The fraction of sp³-hybridized carbons (Fsp3) is 0.976. The van der Waals surface area contributed by atoms with Crippen molar-refractivity contribution in [2.75, 3.05) is 19.8 Å². The molecule has 0 radical (unpaired) electrons. The van der Waals surface area contributed by atoms with Gasteiger partial charge in [0.1, 0.15) is 0 Å². The van der Waals surface area contributed by atoms with Gasteiger partial charge in [-0.3, -0.25) is 13.8 Å². The van der Waals surface area contributed by atoms with Crippen LogP contribution in [0.3, 0.4) is 0 Å². The minimum atomic E-state index is -4.31. The molecule has 300 valence electrons. The number of carbonyl (C=O) groups is 1. The molecule has 8 nitrogen and oxygen atoms in total. The number of hydrogen-bond donors (Lipinski definition) is 4. The molecule has 0 aliphatic heterocycles. The van der Waals surface area contributed by atoms with Crippen LogP contribution in [0.4, 0.5) is 0 Å². The van der Waals surface area contributed by atoms with Gasteiger partial charge in [0.25, 0.3) is 0 Å². The van der Waals surface area contributed by atoms with E-state index in [9.17, 15) is 19.4 Å². The van der Waals surface area contributed by atoms with Crippen molar-refractivity contribution >= 4 is 13.7 Å². The van der Waals surface area contributed by atoms with Crippen LogP contribution in [0.5, 0.6) is 0 Å². The van der Waals surface area contributed by atoms with Crippen molar-refractivity contribution in [1.29, 1.82) is 0 Å². The number of aliphatic hydroxyl groups is 1. The molecule has 0 saturated heterocycles. The Morgan fingerprint density at radius 2 is 0.920 bits per heavy atom. The van der Waals surface area contributed by atoms with E-state index in [-0.39, 0.29) is 25.7 Å². The third kappa shape index (κ3) is 35.9. The SMILES string of the molecule is CCCCCCCCCCCCCCCCCCC(O)C(COP(=O)(O)OCCN)NC(=O)CCCCCCCCCCCCCCCCC. The van der Waals surface area contributed by atoms with Crippen LogP contribution in [-0.2, 0) is 18.4 Å². The van der Waals surface area contributed by atoms with Crippen molar-refractivity contribution in [3.8, 4) is 0 Å². The fourth-order valence-electron chi connectivity index (χ4n) is 6.67. The second-order valence-corrected chi connectivity index (χ2v) is 16.4. The number of unbranched alkanes of at least 4 members (excludes halogenated alkanes) is 29. The van der Waals surface area contributed by atoms with E-state index < -0.39 is 20.0 Å². The Bertz CT molecular complexity index is 759. The van der Waals surface area contributed by atoms with E-state index in [4.69, 9.17) is 14.8 Å². The molecule has 0 bridgehead atoms. The highest BCUT2D eigenvalue weighted by atomic mass is 31.2. The molecule has 0 aromatic heterocycles. The van der Waals surface area contributed by atoms with Crippen molar-refractivity contribution < 1.29 is 28.4 Å². The zero-order chi connectivity index (χ0) is 36.8. The van der Waals surface area contributed by atoms with Crippen LogP contribution >= 0.6 is 7.82 Å². The van der Waals surface area contributed by atoms with Gasteiger partial charge in [-0.05, 0) is 12.8 Å². The van der Waals surface area contributed by atoms with Crippen molar-refractivity contribution in [2.45, 2.75) is 238 Å². The summed E-state index contributed by atoms with van der Waals surface area (Å²) in [5, 5.41) is 13.8. The monoisotopic (exact) mass is 733 g/mol. The van der Waals surface area contributed by atoms with Gasteiger partial charge in [0.2, 0.25) is 5.91 Å². The van der Waals surface area contributed by atoms with Crippen LogP contribution in [-0.4, -0.2) is 47.8 Å². The Balaban J connectivity index is 4.13. The molecule has 0 aliphatic rings. The van der Waals surface area contributed by atoms with Gasteiger partial charge in [-0.15, -0.1) is 0 Å². The number of phosphoric acid groups is 1. The van der Waals surface area contributed by atoms with Gasteiger partial charge in [-0.1, -0.05) is 206 Å². The lowest BCUT2D eigenvalue weighted by atomic mass is 10.0. The normalized spacial score (nSPS) is 14.1. The van der Waals surface area contributed by atoms with E-state index in [0.29, 0.717) is 12.8 Å². The topological polar surface area (TPSA) is 131 Å². The van der Waals surface area contributed by atoms with Crippen LogP contribution in [0.15, 0.2) is 0 Å². The quantitative estimate of drug-likeness (QED) is 0.0363. The summed E-state index contributed by atoms with van der Waals surface area (Å²) in [4.78, 5) is 22.7. The first-order valence-electron chi connectivity index (χ1n) is 21.7. The van der Waals surface area contributed by atoms with Gasteiger partial charge in [-0.2, -0.15) is 0 Å². The second-order valence-electron chi connectivity index (χ2n) is 14.9. The molecule has 50 heavy (non-hydrogen) atoms. The van der Waals surface area contributed by atoms with Crippen LogP contribution in [0.25, 0.3) is 0 Å². The van der Waals surface area contributed by atoms with Crippen LogP contribution < -0.4 is 11.1 Å². The Labute approximate surface area is 310 Å². The van der Waals surface area contributed by atoms with Gasteiger partial charge in [0, 0.05) is 13.0 Å². The maximum absolute atomic E-state index is 12.8.